The van der Waals surface area contributed by atoms with Crippen LogP contribution >= 0.6 is 11.6 Å². The third kappa shape index (κ3) is 3.75. The number of amides is 1. The summed E-state index contributed by atoms with van der Waals surface area (Å²) in [5.74, 6) is 0.240. The number of hydrogen-bond acceptors (Lipinski definition) is 4. The zero-order valence-electron chi connectivity index (χ0n) is 14.5. The van der Waals surface area contributed by atoms with Gasteiger partial charge < -0.3 is 9.84 Å². The molecule has 1 amide bonds. The van der Waals surface area contributed by atoms with E-state index >= 15 is 0 Å². The Morgan fingerprint density at radius 1 is 1.19 bits per heavy atom. The van der Waals surface area contributed by atoms with E-state index in [2.05, 4.69) is 15.5 Å². The van der Waals surface area contributed by atoms with E-state index in [1.807, 2.05) is 0 Å². The molecule has 1 N–H and O–H groups in total. The van der Waals surface area contributed by atoms with Gasteiger partial charge in [0.15, 0.2) is 5.82 Å². The molecule has 26 heavy (non-hydrogen) atoms. The Kier molecular flexibility index (Phi) is 4.78. The van der Waals surface area contributed by atoms with Gasteiger partial charge in [0.2, 0.25) is 0 Å². The first-order valence-electron chi connectivity index (χ1n) is 7.95. The van der Waals surface area contributed by atoms with Crippen LogP contribution in [0.1, 0.15) is 35.6 Å². The summed E-state index contributed by atoms with van der Waals surface area (Å²) in [6, 6.07) is 10.9. The summed E-state index contributed by atoms with van der Waals surface area (Å²) in [4.78, 5) is 16.7. The lowest BCUT2D eigenvalue weighted by atomic mass is 9.93. The van der Waals surface area contributed by atoms with Gasteiger partial charge in [0.1, 0.15) is 5.82 Å². The minimum absolute atomic E-state index is 0.261. The second-order valence-electron chi connectivity index (χ2n) is 6.43. The molecule has 1 heterocycles. The van der Waals surface area contributed by atoms with E-state index in [-0.39, 0.29) is 10.9 Å². The summed E-state index contributed by atoms with van der Waals surface area (Å²) in [6.45, 7) is 5.34. The quantitative estimate of drug-likeness (QED) is 0.731. The van der Waals surface area contributed by atoms with E-state index in [9.17, 15) is 9.18 Å². The number of carbonyl (C=O) groups is 1. The Labute approximate surface area is 155 Å². The summed E-state index contributed by atoms with van der Waals surface area (Å²) in [7, 11) is 0. The normalized spacial score (nSPS) is 11.4. The molecule has 0 fully saturated rings. The number of nitrogens with zero attached hydrogens (tertiary/aromatic N) is 2. The molecule has 3 rings (SSSR count). The van der Waals surface area contributed by atoms with Gasteiger partial charge in [-0.1, -0.05) is 22.8 Å². The maximum Gasteiger partial charge on any atom is 0.257 e. The number of halogens is 2. The predicted molar refractivity (Wildman–Crippen MR) is 96.4 cm³/mol. The number of benzene rings is 2. The predicted octanol–water partition coefficient (Wildman–Crippen LogP) is 4.50. The highest BCUT2D eigenvalue weighted by molar-refractivity contribution is 6.31. The van der Waals surface area contributed by atoms with Gasteiger partial charge in [-0.2, -0.15) is 4.98 Å². The number of carbonyl (C=O) groups excluding carboxylic acids is 1. The molecule has 0 saturated heterocycles. The standard InChI is InChI=1S/C19H17ClFN3O2/c1-11-22-18(26-24-11)13-6-4-12(5-7-13)17(25)23-19(2,3)15-9-8-14(21)10-16(15)20/h4-10H,1-3H3,(H,23,25). The third-order valence-electron chi connectivity index (χ3n) is 3.95. The molecule has 7 heteroatoms. The number of aryl methyl sites for hydroxylation is 1. The van der Waals surface area contributed by atoms with Crippen LogP contribution in [0.4, 0.5) is 4.39 Å². The first-order valence-corrected chi connectivity index (χ1v) is 8.33. The molecule has 0 unspecified atom stereocenters. The minimum atomic E-state index is -0.774. The second-order valence-corrected chi connectivity index (χ2v) is 6.83. The molecule has 5 nitrogen and oxygen atoms in total. The van der Waals surface area contributed by atoms with Crippen LogP contribution in [0.2, 0.25) is 5.02 Å². The van der Waals surface area contributed by atoms with E-state index < -0.39 is 11.4 Å². The van der Waals surface area contributed by atoms with Gasteiger partial charge in [0.25, 0.3) is 11.8 Å². The number of aromatic nitrogens is 2. The van der Waals surface area contributed by atoms with Gasteiger partial charge in [-0.3, -0.25) is 4.79 Å². The fourth-order valence-electron chi connectivity index (χ4n) is 2.60. The Morgan fingerprint density at radius 3 is 2.46 bits per heavy atom. The number of rotatable bonds is 4. The van der Waals surface area contributed by atoms with Crippen molar-refractivity contribution in [2.24, 2.45) is 0 Å². The average molecular weight is 374 g/mol. The van der Waals surface area contributed by atoms with Crippen LogP contribution in [0.3, 0.4) is 0 Å². The van der Waals surface area contributed by atoms with Crippen molar-refractivity contribution >= 4 is 17.5 Å². The fraction of sp³-hybridized carbons (Fsp3) is 0.211. The highest BCUT2D eigenvalue weighted by Crippen LogP contribution is 2.29. The zero-order chi connectivity index (χ0) is 18.9. The molecule has 0 aliphatic rings. The van der Waals surface area contributed by atoms with Crippen LogP contribution in [0, 0.1) is 12.7 Å². The zero-order valence-corrected chi connectivity index (χ0v) is 15.3. The van der Waals surface area contributed by atoms with Gasteiger partial charge >= 0.3 is 0 Å². The molecule has 134 valence electrons. The lowest BCUT2D eigenvalue weighted by molar-refractivity contribution is 0.0912. The van der Waals surface area contributed by atoms with Crippen molar-refractivity contribution in [3.8, 4) is 11.5 Å². The van der Waals surface area contributed by atoms with Crippen molar-refractivity contribution < 1.29 is 13.7 Å². The van der Waals surface area contributed by atoms with Crippen LogP contribution in [-0.4, -0.2) is 16.0 Å². The molecule has 0 saturated carbocycles. The third-order valence-corrected chi connectivity index (χ3v) is 4.26. The van der Waals surface area contributed by atoms with Crippen LogP contribution in [0.25, 0.3) is 11.5 Å². The van der Waals surface area contributed by atoms with E-state index in [0.29, 0.717) is 22.8 Å². The van der Waals surface area contributed by atoms with Crippen molar-refractivity contribution in [3.63, 3.8) is 0 Å². The molecule has 0 bridgehead atoms. The second kappa shape index (κ2) is 6.88. The van der Waals surface area contributed by atoms with Crippen molar-refractivity contribution in [2.75, 3.05) is 0 Å². The molecule has 0 atom stereocenters. The minimum Gasteiger partial charge on any atom is -0.343 e. The van der Waals surface area contributed by atoms with Crippen molar-refractivity contribution in [1.29, 1.82) is 0 Å². The van der Waals surface area contributed by atoms with Crippen LogP contribution in [-0.2, 0) is 5.54 Å². The van der Waals surface area contributed by atoms with Crippen molar-refractivity contribution in [3.05, 3.63) is 70.3 Å². The van der Waals surface area contributed by atoms with Crippen molar-refractivity contribution in [2.45, 2.75) is 26.3 Å². The Balaban J connectivity index is 1.78. The number of hydrogen-bond donors (Lipinski definition) is 1. The lowest BCUT2D eigenvalue weighted by Crippen LogP contribution is -2.41. The molecule has 0 aliphatic carbocycles. The molecule has 0 radical (unpaired) electrons. The first kappa shape index (κ1) is 18.1. The van der Waals surface area contributed by atoms with E-state index in [1.165, 1.54) is 12.1 Å². The van der Waals surface area contributed by atoms with E-state index in [1.54, 1.807) is 51.1 Å². The highest BCUT2D eigenvalue weighted by atomic mass is 35.5. The highest BCUT2D eigenvalue weighted by Gasteiger charge is 2.26. The lowest BCUT2D eigenvalue weighted by Gasteiger charge is -2.28. The smallest absolute Gasteiger partial charge is 0.257 e. The molecule has 0 aliphatic heterocycles. The van der Waals surface area contributed by atoms with Gasteiger partial charge in [-0.25, -0.2) is 4.39 Å². The largest absolute Gasteiger partial charge is 0.343 e. The van der Waals surface area contributed by atoms with Crippen molar-refractivity contribution in [1.82, 2.24) is 15.5 Å². The monoisotopic (exact) mass is 373 g/mol. The topological polar surface area (TPSA) is 68.0 Å². The summed E-state index contributed by atoms with van der Waals surface area (Å²) in [5, 5.41) is 6.92. The SMILES string of the molecule is Cc1noc(-c2ccc(C(=O)NC(C)(C)c3ccc(F)cc3Cl)cc2)n1. The molecule has 1 aromatic heterocycles. The van der Waals surface area contributed by atoms with E-state index in [0.717, 1.165) is 5.56 Å². The number of nitrogens with one attached hydrogen (secondary N) is 1. The van der Waals surface area contributed by atoms with E-state index in [4.69, 9.17) is 16.1 Å². The van der Waals surface area contributed by atoms with Crippen LogP contribution < -0.4 is 5.32 Å². The van der Waals surface area contributed by atoms with Gasteiger partial charge in [0.05, 0.1) is 5.54 Å². The Bertz CT molecular complexity index is 952. The Morgan fingerprint density at radius 2 is 1.88 bits per heavy atom. The van der Waals surface area contributed by atoms with Crippen LogP contribution in [0.15, 0.2) is 47.0 Å². The maximum atomic E-state index is 13.3. The summed E-state index contributed by atoms with van der Waals surface area (Å²) in [6.07, 6.45) is 0. The van der Waals surface area contributed by atoms with Gasteiger partial charge in [-0.15, -0.1) is 0 Å². The summed E-state index contributed by atoms with van der Waals surface area (Å²) in [5.41, 5.74) is 1.05. The maximum absolute atomic E-state index is 13.3. The molecular weight excluding hydrogens is 357 g/mol. The summed E-state index contributed by atoms with van der Waals surface area (Å²) < 4.78 is 18.4. The molecule has 0 spiro atoms. The fourth-order valence-corrected chi connectivity index (χ4v) is 3.00. The summed E-state index contributed by atoms with van der Waals surface area (Å²) >= 11 is 6.12. The molecular formula is C19H17ClFN3O2. The first-order chi connectivity index (χ1) is 12.3. The average Bonchev–Trinajstić information content (AvgIpc) is 3.00. The van der Waals surface area contributed by atoms with Gasteiger partial charge in [0, 0.05) is 16.1 Å². The Hall–Kier alpha value is -2.73. The molecule has 3 aromatic rings. The van der Waals surface area contributed by atoms with Crippen LogP contribution in [0.5, 0.6) is 0 Å². The molecule has 2 aromatic carbocycles. The van der Waals surface area contributed by atoms with Gasteiger partial charge in [-0.05, 0) is 62.7 Å².